The van der Waals surface area contributed by atoms with Crippen LogP contribution in [0, 0.1) is 6.92 Å². The Morgan fingerprint density at radius 2 is 2.20 bits per heavy atom. The number of carbonyl (C=O) groups is 1. The van der Waals surface area contributed by atoms with Crippen molar-refractivity contribution in [2.24, 2.45) is 0 Å². The van der Waals surface area contributed by atoms with Crippen molar-refractivity contribution in [3.63, 3.8) is 0 Å². The van der Waals surface area contributed by atoms with Gasteiger partial charge in [-0.25, -0.2) is 9.97 Å². The number of amides is 1. The number of hydrogen-bond donors (Lipinski definition) is 2. The maximum atomic E-state index is 12.7. The maximum absolute atomic E-state index is 12.7. The van der Waals surface area contributed by atoms with Crippen LogP contribution in [-0.4, -0.2) is 47.9 Å². The Bertz CT molecular complexity index is 1070. The number of nitrogens with one attached hydrogen (secondary N) is 2. The number of oxazole rings is 1. The lowest BCUT2D eigenvalue weighted by molar-refractivity contribution is -0.207. The van der Waals surface area contributed by atoms with Crippen molar-refractivity contribution >= 4 is 49.3 Å². The first-order valence-electron chi connectivity index (χ1n) is 8.92. The third-order valence-corrected chi connectivity index (χ3v) is 6.56. The summed E-state index contributed by atoms with van der Waals surface area (Å²) in [7, 11) is 1.01. The van der Waals surface area contributed by atoms with E-state index in [1.807, 2.05) is 6.08 Å². The number of fused-ring (bicyclic) bond motifs is 2. The molecular formula is C18H17F3N4O3S2. The van der Waals surface area contributed by atoms with E-state index in [1.165, 1.54) is 22.7 Å². The van der Waals surface area contributed by atoms with Gasteiger partial charge in [-0.15, -0.1) is 11.3 Å². The Morgan fingerprint density at radius 1 is 1.40 bits per heavy atom. The molecule has 0 saturated carbocycles. The number of rotatable bonds is 6. The fourth-order valence-electron chi connectivity index (χ4n) is 3.02. The summed E-state index contributed by atoms with van der Waals surface area (Å²) < 4.78 is 48.9. The van der Waals surface area contributed by atoms with Gasteiger partial charge < -0.3 is 19.8 Å². The van der Waals surface area contributed by atoms with Crippen molar-refractivity contribution in [2.45, 2.75) is 31.7 Å². The highest BCUT2D eigenvalue weighted by Gasteiger charge is 2.39. The molecular weight excluding hydrogens is 441 g/mol. The Balaban J connectivity index is 1.38. The predicted molar refractivity (Wildman–Crippen MR) is 108 cm³/mol. The zero-order valence-electron chi connectivity index (χ0n) is 15.9. The number of carbonyl (C=O) groups excluding carboxylic acids is 1. The number of anilines is 1. The summed E-state index contributed by atoms with van der Waals surface area (Å²) in [5.74, 6) is 1.05. The first kappa shape index (κ1) is 20.8. The van der Waals surface area contributed by atoms with Crippen LogP contribution in [0.5, 0.6) is 0 Å². The van der Waals surface area contributed by atoms with Gasteiger partial charge in [-0.05, 0) is 12.1 Å². The highest BCUT2D eigenvalue weighted by atomic mass is 32.1. The minimum Gasteiger partial charge on any atom is -0.441 e. The number of thiophene rings is 1. The van der Waals surface area contributed by atoms with Gasteiger partial charge in [0, 0.05) is 20.5 Å². The van der Waals surface area contributed by atoms with Gasteiger partial charge >= 0.3 is 6.18 Å². The molecule has 0 radical (unpaired) electrons. The second-order valence-electron chi connectivity index (χ2n) is 6.63. The molecule has 7 nitrogen and oxygen atoms in total. The summed E-state index contributed by atoms with van der Waals surface area (Å²) in [6.45, 7) is 1.33. The largest absolute Gasteiger partial charge is 0.441 e. The molecule has 1 amide bonds. The van der Waals surface area contributed by atoms with Crippen molar-refractivity contribution in [1.82, 2.24) is 15.3 Å². The van der Waals surface area contributed by atoms with Crippen LogP contribution < -0.4 is 10.6 Å². The van der Waals surface area contributed by atoms with Gasteiger partial charge in [0.05, 0.1) is 27.9 Å². The van der Waals surface area contributed by atoms with Crippen LogP contribution in [0.25, 0.3) is 15.6 Å². The Morgan fingerprint density at radius 3 is 2.90 bits per heavy atom. The number of aryl methyl sites for hydroxylation is 1. The standard InChI is InChI=1S/C18H17F3N4O3S2/c1-8-23-10-5-9(3-4-11(10)28-8)24-15(26)12-6-13-16(29-12)25-17(30-13)22-7-14(27-2)18(19,20)21/h3-4,6,9,14H,5,7H2,1-2H3,(H,22,25)(H,24,26). The van der Waals surface area contributed by atoms with Crippen LogP contribution in [0.1, 0.15) is 27.0 Å². The Hall–Kier alpha value is -2.44. The van der Waals surface area contributed by atoms with Crippen LogP contribution in [-0.2, 0) is 11.2 Å². The molecule has 0 spiro atoms. The third-order valence-electron chi connectivity index (χ3n) is 4.45. The van der Waals surface area contributed by atoms with Crippen molar-refractivity contribution in [1.29, 1.82) is 0 Å². The zero-order chi connectivity index (χ0) is 21.5. The molecule has 0 bridgehead atoms. The van der Waals surface area contributed by atoms with Gasteiger partial charge in [-0.2, -0.15) is 13.2 Å². The molecule has 0 saturated heterocycles. The van der Waals surface area contributed by atoms with Gasteiger partial charge in [0.15, 0.2) is 22.9 Å². The predicted octanol–water partition coefficient (Wildman–Crippen LogP) is 4.01. The molecule has 2 N–H and O–H groups in total. The molecule has 160 valence electrons. The lowest BCUT2D eigenvalue weighted by Crippen LogP contribution is -2.36. The lowest BCUT2D eigenvalue weighted by atomic mass is 10.0. The summed E-state index contributed by atoms with van der Waals surface area (Å²) in [6.07, 6.45) is -2.18. The molecule has 2 unspecified atom stereocenters. The number of aromatic nitrogens is 2. The first-order valence-corrected chi connectivity index (χ1v) is 10.6. The number of alkyl halides is 3. The fourth-order valence-corrected chi connectivity index (χ4v) is 5.04. The SMILES string of the molecule is COC(CNc1nc2sc(C(=O)NC3C=Cc4oc(C)nc4C3)cc2s1)C(F)(F)F. The average Bonchev–Trinajstić information content (AvgIpc) is 3.32. The van der Waals surface area contributed by atoms with Crippen LogP contribution in [0.4, 0.5) is 18.3 Å². The van der Waals surface area contributed by atoms with Gasteiger partial charge in [0.2, 0.25) is 0 Å². The van der Waals surface area contributed by atoms with E-state index in [4.69, 9.17) is 4.42 Å². The molecule has 30 heavy (non-hydrogen) atoms. The fraction of sp³-hybridized carbons (Fsp3) is 0.389. The molecule has 2 atom stereocenters. The molecule has 1 aliphatic carbocycles. The van der Waals surface area contributed by atoms with Crippen LogP contribution >= 0.6 is 22.7 Å². The maximum Gasteiger partial charge on any atom is 0.416 e. The first-order chi connectivity index (χ1) is 14.2. The second kappa shape index (κ2) is 8.00. The molecule has 12 heteroatoms. The van der Waals surface area contributed by atoms with E-state index in [0.717, 1.165) is 17.5 Å². The summed E-state index contributed by atoms with van der Waals surface area (Å²) in [5, 5.41) is 5.93. The summed E-state index contributed by atoms with van der Waals surface area (Å²) >= 11 is 2.37. The smallest absolute Gasteiger partial charge is 0.416 e. The molecule has 0 aliphatic heterocycles. The van der Waals surface area contributed by atoms with Gasteiger partial charge in [-0.1, -0.05) is 17.4 Å². The van der Waals surface area contributed by atoms with E-state index < -0.39 is 18.8 Å². The monoisotopic (exact) mass is 458 g/mol. The van der Waals surface area contributed by atoms with Crippen LogP contribution in [0.15, 0.2) is 16.6 Å². The van der Waals surface area contributed by atoms with E-state index in [2.05, 4.69) is 25.3 Å². The minimum absolute atomic E-state index is 0.201. The zero-order valence-corrected chi connectivity index (χ0v) is 17.5. The topological polar surface area (TPSA) is 89.3 Å². The van der Waals surface area contributed by atoms with Gasteiger partial charge in [0.1, 0.15) is 4.83 Å². The third kappa shape index (κ3) is 4.35. The quantitative estimate of drug-likeness (QED) is 0.580. The minimum atomic E-state index is -4.46. The van der Waals surface area contributed by atoms with E-state index >= 15 is 0 Å². The number of thiazole rings is 1. The Kier molecular flexibility index (Phi) is 5.55. The molecule has 3 heterocycles. The average molecular weight is 458 g/mol. The van der Waals surface area contributed by atoms with Crippen LogP contribution in [0.2, 0.25) is 0 Å². The van der Waals surface area contributed by atoms with Crippen molar-refractivity contribution in [2.75, 3.05) is 19.0 Å². The Labute approximate surface area is 177 Å². The van der Waals surface area contributed by atoms with Crippen molar-refractivity contribution in [3.8, 4) is 0 Å². The summed E-state index contributed by atoms with van der Waals surface area (Å²) in [6, 6.07) is 1.49. The molecule has 3 aromatic rings. The molecule has 3 aromatic heterocycles. The number of hydrogen-bond acceptors (Lipinski definition) is 8. The number of ether oxygens (including phenoxy) is 1. The van der Waals surface area contributed by atoms with Gasteiger partial charge in [0.25, 0.3) is 5.91 Å². The molecule has 0 fully saturated rings. The van der Waals surface area contributed by atoms with Crippen molar-refractivity contribution < 1.29 is 27.1 Å². The summed E-state index contributed by atoms with van der Waals surface area (Å²) in [4.78, 5) is 22.2. The molecule has 1 aliphatic rings. The van der Waals surface area contributed by atoms with E-state index in [-0.39, 0.29) is 11.9 Å². The van der Waals surface area contributed by atoms with E-state index in [1.54, 1.807) is 19.1 Å². The molecule has 0 aromatic carbocycles. The number of nitrogens with zero attached hydrogens (tertiary/aromatic N) is 2. The van der Waals surface area contributed by atoms with E-state index in [9.17, 15) is 18.0 Å². The van der Waals surface area contributed by atoms with Gasteiger partial charge in [-0.3, -0.25) is 4.79 Å². The van der Waals surface area contributed by atoms with E-state index in [0.29, 0.717) is 32.9 Å². The number of halogens is 3. The van der Waals surface area contributed by atoms with Crippen LogP contribution in [0.3, 0.4) is 0 Å². The normalized spacial score (nSPS) is 17.2. The highest BCUT2D eigenvalue weighted by Crippen LogP contribution is 2.33. The number of methoxy groups -OCH3 is 1. The highest BCUT2D eigenvalue weighted by molar-refractivity contribution is 7.29. The summed E-state index contributed by atoms with van der Waals surface area (Å²) in [5.41, 5.74) is 0.804. The van der Waals surface area contributed by atoms with Crippen molar-refractivity contribution in [3.05, 3.63) is 34.4 Å². The lowest BCUT2D eigenvalue weighted by Gasteiger charge is -2.18. The molecule has 4 rings (SSSR count). The second-order valence-corrected chi connectivity index (χ2v) is 8.69.